The highest BCUT2D eigenvalue weighted by molar-refractivity contribution is 8.00. The van der Waals surface area contributed by atoms with Gasteiger partial charge >= 0.3 is 0 Å². The molecular weight excluding hydrogens is 336 g/mol. The highest BCUT2D eigenvalue weighted by Crippen LogP contribution is 2.33. The molecule has 1 fully saturated rings. The zero-order valence-corrected chi connectivity index (χ0v) is 15.7. The largest absolute Gasteiger partial charge is 0.351 e. The van der Waals surface area contributed by atoms with Gasteiger partial charge in [-0.15, -0.1) is 23.1 Å². The Morgan fingerprint density at radius 2 is 2.00 bits per heavy atom. The molecule has 0 radical (unpaired) electrons. The molecule has 0 bridgehead atoms. The quantitative estimate of drug-likeness (QED) is 0.801. The van der Waals surface area contributed by atoms with Crippen molar-refractivity contribution in [2.75, 3.05) is 6.54 Å². The van der Waals surface area contributed by atoms with Gasteiger partial charge in [-0.25, -0.2) is 4.98 Å². The van der Waals surface area contributed by atoms with E-state index in [1.54, 1.807) is 5.51 Å². The van der Waals surface area contributed by atoms with Crippen molar-refractivity contribution in [2.24, 2.45) is 0 Å². The topological polar surface area (TPSA) is 42.0 Å². The molecular formula is C19H24N2OS2. The minimum Gasteiger partial charge on any atom is -0.351 e. The Kier molecular flexibility index (Phi) is 6.32. The van der Waals surface area contributed by atoms with E-state index in [2.05, 4.69) is 34.6 Å². The van der Waals surface area contributed by atoms with Crippen molar-refractivity contribution in [3.8, 4) is 0 Å². The summed E-state index contributed by atoms with van der Waals surface area (Å²) in [5.74, 6) is -0.0144. The number of carbonyl (C=O) groups excluding carboxylic acids is 1. The molecule has 0 aliphatic heterocycles. The summed E-state index contributed by atoms with van der Waals surface area (Å²) in [6, 6.07) is 8.83. The van der Waals surface area contributed by atoms with Gasteiger partial charge in [-0.05, 0) is 43.9 Å². The summed E-state index contributed by atoms with van der Waals surface area (Å²) in [5.41, 5.74) is 3.79. The molecule has 5 heteroatoms. The molecule has 128 valence electrons. The lowest BCUT2D eigenvalue weighted by Crippen LogP contribution is -2.25. The second-order valence-corrected chi connectivity index (χ2v) is 8.52. The minimum atomic E-state index is -0.0144. The molecule has 0 unspecified atom stereocenters. The van der Waals surface area contributed by atoms with E-state index in [0.29, 0.717) is 11.4 Å². The van der Waals surface area contributed by atoms with Gasteiger partial charge in [0.1, 0.15) is 4.88 Å². The van der Waals surface area contributed by atoms with Gasteiger partial charge in [-0.1, -0.05) is 31.4 Å². The first kappa shape index (κ1) is 17.5. The van der Waals surface area contributed by atoms with Crippen LogP contribution < -0.4 is 5.32 Å². The zero-order chi connectivity index (χ0) is 16.8. The molecule has 3 nitrogen and oxygen atoms in total. The van der Waals surface area contributed by atoms with Gasteiger partial charge in [0, 0.05) is 16.7 Å². The first-order valence-corrected chi connectivity index (χ1v) is 10.4. The third-order valence-electron chi connectivity index (χ3n) is 4.43. The molecule has 2 aromatic rings. The fourth-order valence-electron chi connectivity index (χ4n) is 3.03. The van der Waals surface area contributed by atoms with Gasteiger partial charge in [-0.2, -0.15) is 0 Å². The smallest absolute Gasteiger partial charge is 0.263 e. The number of amides is 1. The summed E-state index contributed by atoms with van der Waals surface area (Å²) >= 11 is 3.42. The van der Waals surface area contributed by atoms with Crippen molar-refractivity contribution >= 4 is 29.0 Å². The second kappa shape index (κ2) is 8.67. The minimum absolute atomic E-state index is 0.0144. The first-order chi connectivity index (χ1) is 11.7. The van der Waals surface area contributed by atoms with Crippen LogP contribution in [0, 0.1) is 6.92 Å². The van der Waals surface area contributed by atoms with E-state index < -0.39 is 0 Å². The number of rotatable bonds is 6. The summed E-state index contributed by atoms with van der Waals surface area (Å²) in [6.45, 7) is 2.53. The number of hydrogen-bond acceptors (Lipinski definition) is 4. The number of nitrogens with zero attached hydrogens (tertiary/aromatic N) is 1. The van der Waals surface area contributed by atoms with Gasteiger partial charge in [0.15, 0.2) is 0 Å². The lowest BCUT2D eigenvalue weighted by Gasteiger charge is -2.20. The third kappa shape index (κ3) is 4.84. The Labute approximate surface area is 152 Å². The number of nitrogens with one attached hydrogen (secondary N) is 1. The number of carbonyl (C=O) groups is 1. The van der Waals surface area contributed by atoms with Crippen molar-refractivity contribution in [1.29, 1.82) is 0 Å². The van der Waals surface area contributed by atoms with E-state index in [9.17, 15) is 4.79 Å². The van der Waals surface area contributed by atoms with Crippen molar-refractivity contribution in [3.63, 3.8) is 0 Å². The zero-order valence-electron chi connectivity index (χ0n) is 14.1. The monoisotopic (exact) mass is 360 g/mol. The number of aryl methyl sites for hydroxylation is 1. The maximum Gasteiger partial charge on any atom is 0.263 e. The van der Waals surface area contributed by atoms with E-state index in [1.165, 1.54) is 53.9 Å². The molecule has 1 aliphatic carbocycles. The van der Waals surface area contributed by atoms with Gasteiger partial charge in [-0.3, -0.25) is 4.79 Å². The van der Waals surface area contributed by atoms with Crippen molar-refractivity contribution in [3.05, 3.63) is 45.9 Å². The van der Waals surface area contributed by atoms with Crippen LogP contribution in [0.4, 0.5) is 0 Å². The standard InChI is InChI=1S/C19H24N2OS2/c1-14-18(23-13-21-14)19(22)20-12-11-15-7-9-17(10-8-15)24-16-5-3-2-4-6-16/h7-10,13,16H,2-6,11-12H2,1H3,(H,20,22). The van der Waals surface area contributed by atoms with E-state index >= 15 is 0 Å². The van der Waals surface area contributed by atoms with Crippen molar-refractivity contribution in [2.45, 2.75) is 55.6 Å². The van der Waals surface area contributed by atoms with Crippen LogP contribution in [0.15, 0.2) is 34.7 Å². The fourth-order valence-corrected chi connectivity index (χ4v) is 5.00. The summed E-state index contributed by atoms with van der Waals surface area (Å²) in [4.78, 5) is 18.3. The molecule has 1 aromatic carbocycles. The van der Waals surface area contributed by atoms with Crippen LogP contribution in [-0.2, 0) is 6.42 Å². The molecule has 24 heavy (non-hydrogen) atoms. The molecule has 1 amide bonds. The molecule has 3 rings (SSSR count). The van der Waals surface area contributed by atoms with E-state index in [4.69, 9.17) is 0 Å². The molecule has 0 saturated heterocycles. The average molecular weight is 361 g/mol. The maximum absolute atomic E-state index is 12.0. The Hall–Kier alpha value is -1.33. The summed E-state index contributed by atoms with van der Waals surface area (Å²) in [6.07, 6.45) is 7.75. The first-order valence-electron chi connectivity index (χ1n) is 8.66. The molecule has 1 aliphatic rings. The highest BCUT2D eigenvalue weighted by atomic mass is 32.2. The normalized spacial score (nSPS) is 15.4. The summed E-state index contributed by atoms with van der Waals surface area (Å²) < 4.78 is 0. The fraction of sp³-hybridized carbons (Fsp3) is 0.474. The lowest BCUT2D eigenvalue weighted by atomic mass is 10.0. The SMILES string of the molecule is Cc1ncsc1C(=O)NCCc1ccc(SC2CCCCC2)cc1. The van der Waals surface area contributed by atoms with Crippen molar-refractivity contribution < 1.29 is 4.79 Å². The van der Waals surface area contributed by atoms with Crippen LogP contribution in [-0.4, -0.2) is 22.7 Å². The highest BCUT2D eigenvalue weighted by Gasteiger charge is 2.14. The van der Waals surface area contributed by atoms with Crippen LogP contribution in [0.2, 0.25) is 0 Å². The molecule has 1 N–H and O–H groups in total. The Bertz CT molecular complexity index is 660. The molecule has 1 heterocycles. The maximum atomic E-state index is 12.0. The van der Waals surface area contributed by atoms with E-state index in [-0.39, 0.29) is 5.91 Å². The van der Waals surface area contributed by atoms with Crippen LogP contribution in [0.25, 0.3) is 0 Å². The van der Waals surface area contributed by atoms with Crippen LogP contribution in [0.5, 0.6) is 0 Å². The number of thioether (sulfide) groups is 1. The average Bonchev–Trinajstić information content (AvgIpc) is 3.03. The number of benzene rings is 1. The number of hydrogen-bond donors (Lipinski definition) is 1. The van der Waals surface area contributed by atoms with Crippen LogP contribution >= 0.6 is 23.1 Å². The van der Waals surface area contributed by atoms with Gasteiger partial charge < -0.3 is 5.32 Å². The molecule has 0 atom stereocenters. The summed E-state index contributed by atoms with van der Waals surface area (Å²) in [5, 5.41) is 3.78. The Morgan fingerprint density at radius 1 is 1.25 bits per heavy atom. The predicted molar refractivity (Wildman–Crippen MR) is 102 cm³/mol. The van der Waals surface area contributed by atoms with Gasteiger partial charge in [0.25, 0.3) is 5.91 Å². The number of thiazole rings is 1. The lowest BCUT2D eigenvalue weighted by molar-refractivity contribution is 0.0957. The van der Waals surface area contributed by atoms with Crippen molar-refractivity contribution in [1.82, 2.24) is 10.3 Å². The van der Waals surface area contributed by atoms with Crippen LogP contribution in [0.1, 0.15) is 53.0 Å². The van der Waals surface area contributed by atoms with E-state index in [0.717, 1.165) is 17.4 Å². The second-order valence-electron chi connectivity index (χ2n) is 6.29. The summed E-state index contributed by atoms with van der Waals surface area (Å²) in [7, 11) is 0. The molecule has 0 spiro atoms. The third-order valence-corrected chi connectivity index (χ3v) is 6.71. The van der Waals surface area contributed by atoms with Crippen LogP contribution in [0.3, 0.4) is 0 Å². The van der Waals surface area contributed by atoms with Gasteiger partial charge in [0.05, 0.1) is 11.2 Å². The molecule has 1 aromatic heterocycles. The Morgan fingerprint density at radius 3 is 2.67 bits per heavy atom. The van der Waals surface area contributed by atoms with Gasteiger partial charge in [0.2, 0.25) is 0 Å². The molecule has 1 saturated carbocycles. The number of aromatic nitrogens is 1. The van der Waals surface area contributed by atoms with E-state index in [1.807, 2.05) is 18.7 Å². The predicted octanol–water partition coefficient (Wildman–Crippen LogP) is 4.85. The Balaban J connectivity index is 1.44.